The molecule has 1 saturated heterocycles. The van der Waals surface area contributed by atoms with Gasteiger partial charge in [0.1, 0.15) is 12.6 Å². The fourth-order valence-electron chi connectivity index (χ4n) is 2.25. The number of hydrogen-bond acceptors (Lipinski definition) is 7. The Morgan fingerprint density at radius 3 is 2.96 bits per heavy atom. The average molecular weight is 361 g/mol. The molecular weight excluding hydrogens is 345 g/mol. The molecule has 0 saturated carbocycles. The lowest BCUT2D eigenvalue weighted by Gasteiger charge is -2.18. The number of rotatable bonds is 6. The minimum Gasteiger partial charge on any atom is -0.384 e. The summed E-state index contributed by atoms with van der Waals surface area (Å²) in [5, 5.41) is 12.3. The molecule has 1 aliphatic heterocycles. The molecule has 13 heteroatoms. The van der Waals surface area contributed by atoms with Gasteiger partial charge in [-0.05, 0) is 12.5 Å². The van der Waals surface area contributed by atoms with Crippen molar-refractivity contribution < 1.29 is 23.8 Å². The molecule has 1 aromatic rings. The van der Waals surface area contributed by atoms with E-state index in [2.05, 4.69) is 15.0 Å². The molecule has 2 rings (SSSR count). The van der Waals surface area contributed by atoms with Crippen LogP contribution < -0.4 is 11.2 Å². The lowest BCUT2D eigenvalue weighted by Crippen LogP contribution is -2.33. The molecule has 1 fully saturated rings. The third kappa shape index (κ3) is 4.12. The Morgan fingerprint density at radius 2 is 2.33 bits per heavy atom. The Morgan fingerprint density at radius 1 is 1.62 bits per heavy atom. The first-order valence-electron chi connectivity index (χ1n) is 6.86. The number of hydrogen-bond donors (Lipinski definition) is 3. The molecule has 0 aliphatic carbocycles. The van der Waals surface area contributed by atoms with E-state index < -0.39 is 50.2 Å². The van der Waals surface area contributed by atoms with E-state index in [1.54, 1.807) is 0 Å². The first-order chi connectivity index (χ1) is 11.3. The number of aromatic nitrogens is 2. The summed E-state index contributed by atoms with van der Waals surface area (Å²) in [6.07, 6.45) is -1.37. The molecule has 3 N–H and O–H groups in total. The van der Waals surface area contributed by atoms with E-state index in [1.165, 1.54) is 13.1 Å². The normalized spacial score (nSPS) is 25.9. The van der Waals surface area contributed by atoms with Crippen LogP contribution in [0, 0.1) is 6.92 Å². The number of aliphatic hydroxyl groups is 1. The van der Waals surface area contributed by atoms with Crippen LogP contribution in [0.1, 0.15) is 18.2 Å². The van der Waals surface area contributed by atoms with Crippen LogP contribution >= 0.6 is 7.60 Å². The topological polar surface area (TPSA) is 180 Å². The number of aryl methyl sites for hydroxylation is 1. The molecule has 0 amide bonds. The Labute approximate surface area is 134 Å². The van der Waals surface area contributed by atoms with Crippen molar-refractivity contribution in [3.63, 3.8) is 0 Å². The molecule has 24 heavy (non-hydrogen) atoms. The van der Waals surface area contributed by atoms with Crippen molar-refractivity contribution in [1.29, 1.82) is 0 Å². The van der Waals surface area contributed by atoms with Crippen molar-refractivity contribution in [1.82, 2.24) is 9.55 Å². The molecule has 0 aromatic carbocycles. The molecule has 0 bridgehead atoms. The zero-order chi connectivity index (χ0) is 17.9. The van der Waals surface area contributed by atoms with Gasteiger partial charge in [-0.25, -0.2) is 4.79 Å². The Kier molecular flexibility index (Phi) is 5.60. The van der Waals surface area contributed by atoms with Gasteiger partial charge >= 0.3 is 13.3 Å². The molecule has 0 radical (unpaired) electrons. The van der Waals surface area contributed by atoms with Crippen LogP contribution in [0.2, 0.25) is 0 Å². The van der Waals surface area contributed by atoms with Gasteiger partial charge in [-0.2, -0.15) is 0 Å². The van der Waals surface area contributed by atoms with Crippen LogP contribution in [0.25, 0.3) is 10.4 Å². The van der Waals surface area contributed by atoms with Crippen molar-refractivity contribution in [2.45, 2.75) is 31.7 Å². The van der Waals surface area contributed by atoms with Crippen LogP contribution in [0.3, 0.4) is 0 Å². The standard InChI is InChI=1S/C11H16N5O7P/c1-6-3-16(11(19)13-10(6)18)9-2-7(14-15-12)8(23-9)4-22-24(20,21)5-17/h3,7-9,17H,2,4-5H2,1H3,(H,20,21)(H,13,18,19)/t7?,8-,9-/m1/s1. The van der Waals surface area contributed by atoms with Gasteiger partial charge in [-0.15, -0.1) is 0 Å². The van der Waals surface area contributed by atoms with E-state index in [1.807, 2.05) is 0 Å². The van der Waals surface area contributed by atoms with Gasteiger partial charge in [-0.1, -0.05) is 5.11 Å². The van der Waals surface area contributed by atoms with Crippen LogP contribution in [0.15, 0.2) is 20.9 Å². The van der Waals surface area contributed by atoms with Crippen LogP contribution in [-0.2, 0) is 13.8 Å². The van der Waals surface area contributed by atoms with Crippen molar-refractivity contribution in [3.05, 3.63) is 43.0 Å². The number of aromatic amines is 1. The fraction of sp³-hybridized carbons (Fsp3) is 0.636. The number of H-pyrrole nitrogens is 1. The molecule has 2 unspecified atom stereocenters. The zero-order valence-corrected chi connectivity index (χ0v) is 13.5. The summed E-state index contributed by atoms with van der Waals surface area (Å²) in [5.41, 5.74) is 7.68. The van der Waals surface area contributed by atoms with E-state index in [-0.39, 0.29) is 6.42 Å². The summed E-state index contributed by atoms with van der Waals surface area (Å²) < 4.78 is 22.7. The van der Waals surface area contributed by atoms with Gasteiger partial charge < -0.3 is 19.3 Å². The number of azide groups is 1. The Bertz CT molecular complexity index is 814. The maximum atomic E-state index is 11.9. The second-order valence-electron chi connectivity index (χ2n) is 5.19. The maximum absolute atomic E-state index is 11.9. The minimum absolute atomic E-state index is 0.109. The predicted octanol–water partition coefficient (Wildman–Crippen LogP) is -0.0368. The van der Waals surface area contributed by atoms with Crippen LogP contribution in [0.5, 0.6) is 0 Å². The largest absolute Gasteiger partial charge is 0.384 e. The van der Waals surface area contributed by atoms with Crippen molar-refractivity contribution >= 4 is 7.60 Å². The smallest absolute Gasteiger partial charge is 0.353 e. The SMILES string of the molecule is Cc1cn([C@H]2CC(N=[N+]=[N-])[C@@H](COP(=O)(O)CO)O2)c(=O)[nH]c1=O. The first kappa shape index (κ1) is 18.4. The number of nitrogens with one attached hydrogen (secondary N) is 1. The van der Waals surface area contributed by atoms with Crippen molar-refractivity contribution in [2.75, 3.05) is 13.0 Å². The molecule has 132 valence electrons. The summed E-state index contributed by atoms with van der Waals surface area (Å²) >= 11 is 0. The lowest BCUT2D eigenvalue weighted by molar-refractivity contribution is -0.0245. The summed E-state index contributed by atoms with van der Waals surface area (Å²) in [6, 6.07) is -0.752. The van der Waals surface area contributed by atoms with Gasteiger partial charge in [-0.3, -0.25) is 18.9 Å². The maximum Gasteiger partial charge on any atom is 0.353 e. The van der Waals surface area contributed by atoms with Gasteiger partial charge in [0.15, 0.2) is 0 Å². The quantitative estimate of drug-likeness (QED) is 0.275. The molecule has 0 spiro atoms. The highest BCUT2D eigenvalue weighted by atomic mass is 31.2. The summed E-state index contributed by atoms with van der Waals surface area (Å²) in [5.74, 6) is 0. The van der Waals surface area contributed by atoms with E-state index in [0.29, 0.717) is 5.56 Å². The van der Waals surface area contributed by atoms with Gasteiger partial charge in [0, 0.05) is 23.1 Å². The van der Waals surface area contributed by atoms with Crippen LogP contribution in [-0.4, -0.2) is 44.7 Å². The molecule has 2 heterocycles. The van der Waals surface area contributed by atoms with Gasteiger partial charge in [0.25, 0.3) is 5.56 Å². The molecule has 1 aromatic heterocycles. The minimum atomic E-state index is -4.16. The summed E-state index contributed by atoms with van der Waals surface area (Å²) in [4.78, 5) is 37.3. The Hall–Kier alpha value is -1.94. The zero-order valence-electron chi connectivity index (χ0n) is 12.6. The first-order valence-corrected chi connectivity index (χ1v) is 8.62. The lowest BCUT2D eigenvalue weighted by atomic mass is 10.1. The second-order valence-corrected chi connectivity index (χ2v) is 7.01. The van der Waals surface area contributed by atoms with E-state index in [4.69, 9.17) is 19.9 Å². The van der Waals surface area contributed by atoms with Gasteiger partial charge in [0.2, 0.25) is 0 Å². The van der Waals surface area contributed by atoms with Crippen LogP contribution in [0.4, 0.5) is 0 Å². The summed E-state index contributed by atoms with van der Waals surface area (Å²) in [6.45, 7) is 1.10. The monoisotopic (exact) mass is 361 g/mol. The molecule has 4 atom stereocenters. The molecule has 12 nitrogen and oxygen atoms in total. The Balaban J connectivity index is 2.22. The van der Waals surface area contributed by atoms with Crippen molar-refractivity contribution in [3.8, 4) is 0 Å². The molecular formula is C11H16N5O7P. The van der Waals surface area contributed by atoms with E-state index >= 15 is 0 Å². The van der Waals surface area contributed by atoms with E-state index in [9.17, 15) is 19.0 Å². The average Bonchev–Trinajstić information content (AvgIpc) is 2.92. The number of ether oxygens (including phenoxy) is 1. The highest BCUT2D eigenvalue weighted by Gasteiger charge is 2.37. The van der Waals surface area contributed by atoms with Crippen molar-refractivity contribution in [2.24, 2.45) is 5.11 Å². The number of aliphatic hydroxyl groups excluding tert-OH is 1. The third-order valence-corrected chi connectivity index (χ3v) is 4.39. The highest BCUT2D eigenvalue weighted by Crippen LogP contribution is 2.42. The third-order valence-electron chi connectivity index (χ3n) is 3.48. The second kappa shape index (κ2) is 7.31. The predicted molar refractivity (Wildman–Crippen MR) is 80.4 cm³/mol. The summed E-state index contributed by atoms with van der Waals surface area (Å²) in [7, 11) is -4.16. The molecule has 1 aliphatic rings. The van der Waals surface area contributed by atoms with Gasteiger partial charge in [0.05, 0.1) is 18.8 Å². The number of nitrogens with zero attached hydrogens (tertiary/aromatic N) is 4. The van der Waals surface area contributed by atoms with E-state index in [0.717, 1.165) is 4.57 Å². The highest BCUT2D eigenvalue weighted by molar-refractivity contribution is 7.52. The fourth-order valence-corrected chi connectivity index (χ4v) is 2.72.